The minimum Gasteiger partial charge on any atom is -0.358 e. The van der Waals surface area contributed by atoms with Crippen molar-refractivity contribution in [1.82, 2.24) is 20.9 Å². The van der Waals surface area contributed by atoms with Crippen molar-refractivity contribution < 1.29 is 9.18 Å². The molecule has 2 fully saturated rings. The summed E-state index contributed by atoms with van der Waals surface area (Å²) in [7, 11) is 1.67. The number of benzene rings is 1. The van der Waals surface area contributed by atoms with Crippen molar-refractivity contribution in [3.8, 4) is 0 Å². The zero-order valence-electron chi connectivity index (χ0n) is 16.2. The van der Waals surface area contributed by atoms with Gasteiger partial charge in [-0.15, -0.1) is 0 Å². The van der Waals surface area contributed by atoms with Crippen molar-refractivity contribution in [3.05, 3.63) is 35.6 Å². The first-order chi connectivity index (χ1) is 13.1. The molecule has 27 heavy (non-hydrogen) atoms. The Balaban J connectivity index is 1.48. The molecule has 2 atom stereocenters. The highest BCUT2D eigenvalue weighted by atomic mass is 19.1. The van der Waals surface area contributed by atoms with Crippen molar-refractivity contribution in [3.63, 3.8) is 0 Å². The predicted molar refractivity (Wildman–Crippen MR) is 105 cm³/mol. The Bertz CT molecular complexity index is 672. The molecule has 1 saturated carbocycles. The summed E-state index contributed by atoms with van der Waals surface area (Å²) >= 11 is 0. The lowest BCUT2D eigenvalue weighted by Crippen LogP contribution is -2.50. The van der Waals surface area contributed by atoms with Gasteiger partial charge in [0.25, 0.3) is 0 Å². The number of amides is 1. The third kappa shape index (κ3) is 5.42. The van der Waals surface area contributed by atoms with Crippen LogP contribution in [-0.2, 0) is 4.79 Å². The standard InChI is InChI=1S/C20H30FN5O/c1-3-23-20(24-14-8-10-26(11-9-14)13-19(27)22-2)25-18-12-16(18)15-6-4-5-7-17(15)21/h4-7,14,16,18H,3,8-13H2,1-2H3,(H,22,27)(H2,23,24,25). The molecule has 6 nitrogen and oxygen atoms in total. The van der Waals surface area contributed by atoms with Gasteiger partial charge in [0.15, 0.2) is 5.96 Å². The lowest BCUT2D eigenvalue weighted by Gasteiger charge is -2.32. The van der Waals surface area contributed by atoms with Crippen molar-refractivity contribution >= 4 is 11.9 Å². The van der Waals surface area contributed by atoms with Gasteiger partial charge in [0.05, 0.1) is 6.54 Å². The largest absolute Gasteiger partial charge is 0.358 e. The Morgan fingerprint density at radius 3 is 2.67 bits per heavy atom. The Morgan fingerprint density at radius 2 is 2.00 bits per heavy atom. The van der Waals surface area contributed by atoms with E-state index in [2.05, 4.69) is 25.8 Å². The fourth-order valence-corrected chi connectivity index (χ4v) is 3.65. The van der Waals surface area contributed by atoms with Gasteiger partial charge in [-0.05, 0) is 37.8 Å². The van der Waals surface area contributed by atoms with Gasteiger partial charge in [-0.25, -0.2) is 4.39 Å². The van der Waals surface area contributed by atoms with Crippen LogP contribution in [0.1, 0.15) is 37.7 Å². The maximum absolute atomic E-state index is 14.0. The predicted octanol–water partition coefficient (Wildman–Crippen LogP) is 1.45. The number of carbonyl (C=O) groups excluding carboxylic acids is 1. The first-order valence-corrected chi connectivity index (χ1v) is 9.85. The maximum atomic E-state index is 14.0. The van der Waals surface area contributed by atoms with Crippen LogP contribution < -0.4 is 16.0 Å². The summed E-state index contributed by atoms with van der Waals surface area (Å²) in [5.41, 5.74) is 0.786. The van der Waals surface area contributed by atoms with E-state index in [0.717, 1.165) is 43.9 Å². The van der Waals surface area contributed by atoms with Crippen LogP contribution in [0.15, 0.2) is 29.3 Å². The van der Waals surface area contributed by atoms with Gasteiger partial charge in [-0.3, -0.25) is 14.7 Å². The third-order valence-electron chi connectivity index (χ3n) is 5.31. The average molecular weight is 375 g/mol. The normalized spacial score (nSPS) is 23.7. The number of carbonyl (C=O) groups is 1. The molecule has 3 rings (SSSR count). The Kier molecular flexibility index (Phi) is 6.66. The molecule has 1 aromatic rings. The second kappa shape index (κ2) is 9.17. The average Bonchev–Trinajstić information content (AvgIpc) is 3.42. The maximum Gasteiger partial charge on any atom is 0.233 e. The van der Waals surface area contributed by atoms with E-state index in [1.54, 1.807) is 13.1 Å². The van der Waals surface area contributed by atoms with Crippen LogP contribution in [0.4, 0.5) is 4.39 Å². The van der Waals surface area contributed by atoms with Crippen LogP contribution in [-0.4, -0.2) is 62.1 Å². The highest BCUT2D eigenvalue weighted by Crippen LogP contribution is 2.41. The van der Waals surface area contributed by atoms with Gasteiger partial charge in [-0.2, -0.15) is 0 Å². The number of piperidine rings is 1. The van der Waals surface area contributed by atoms with E-state index in [4.69, 9.17) is 0 Å². The molecule has 0 spiro atoms. The molecule has 2 aliphatic rings. The van der Waals surface area contributed by atoms with E-state index in [1.807, 2.05) is 19.1 Å². The number of rotatable bonds is 6. The second-order valence-electron chi connectivity index (χ2n) is 7.31. The highest BCUT2D eigenvalue weighted by molar-refractivity contribution is 5.81. The minimum atomic E-state index is -0.128. The molecule has 3 N–H and O–H groups in total. The topological polar surface area (TPSA) is 68.8 Å². The molecule has 0 bridgehead atoms. The molecule has 148 valence electrons. The molecular formula is C20H30FN5O. The van der Waals surface area contributed by atoms with Crippen LogP contribution in [0.5, 0.6) is 0 Å². The first-order valence-electron chi connectivity index (χ1n) is 9.85. The van der Waals surface area contributed by atoms with Gasteiger partial charge in [0.1, 0.15) is 5.82 Å². The molecule has 1 saturated heterocycles. The van der Waals surface area contributed by atoms with Gasteiger partial charge < -0.3 is 16.0 Å². The Labute approximate surface area is 160 Å². The summed E-state index contributed by atoms with van der Waals surface area (Å²) in [5, 5.41) is 9.65. The summed E-state index contributed by atoms with van der Waals surface area (Å²) in [5.74, 6) is 0.956. The SMILES string of the molecule is CCN=C(NC1CCN(CC(=O)NC)CC1)NC1CC1c1ccccc1F. The van der Waals surface area contributed by atoms with Gasteiger partial charge in [-0.1, -0.05) is 18.2 Å². The van der Waals surface area contributed by atoms with Crippen molar-refractivity contribution in [2.75, 3.05) is 33.2 Å². The fraction of sp³-hybridized carbons (Fsp3) is 0.600. The fourth-order valence-electron chi connectivity index (χ4n) is 3.65. The van der Waals surface area contributed by atoms with E-state index in [-0.39, 0.29) is 23.7 Å². The van der Waals surface area contributed by atoms with Gasteiger partial charge >= 0.3 is 0 Å². The van der Waals surface area contributed by atoms with Gasteiger partial charge in [0.2, 0.25) is 5.91 Å². The summed E-state index contributed by atoms with van der Waals surface area (Å²) < 4.78 is 14.0. The monoisotopic (exact) mass is 375 g/mol. The second-order valence-corrected chi connectivity index (χ2v) is 7.31. The molecule has 0 aromatic heterocycles. The lowest BCUT2D eigenvalue weighted by molar-refractivity contribution is -0.122. The Morgan fingerprint density at radius 1 is 1.26 bits per heavy atom. The zero-order chi connectivity index (χ0) is 19.2. The zero-order valence-corrected chi connectivity index (χ0v) is 16.2. The molecule has 2 unspecified atom stereocenters. The summed E-state index contributed by atoms with van der Waals surface area (Å²) in [4.78, 5) is 18.2. The quantitative estimate of drug-likeness (QED) is 0.520. The number of nitrogens with one attached hydrogen (secondary N) is 3. The molecule has 1 aliphatic carbocycles. The molecule has 1 aromatic carbocycles. The van der Waals surface area contributed by atoms with E-state index >= 15 is 0 Å². The van der Waals surface area contributed by atoms with Crippen LogP contribution in [0, 0.1) is 5.82 Å². The van der Waals surface area contributed by atoms with Crippen molar-refractivity contribution in [2.45, 2.75) is 44.2 Å². The smallest absolute Gasteiger partial charge is 0.233 e. The Hall–Kier alpha value is -2.15. The number of halogens is 1. The molecule has 7 heteroatoms. The van der Waals surface area contributed by atoms with Crippen molar-refractivity contribution in [2.24, 2.45) is 4.99 Å². The first kappa shape index (κ1) is 19.6. The third-order valence-corrected chi connectivity index (χ3v) is 5.31. The van der Waals surface area contributed by atoms with E-state index < -0.39 is 0 Å². The summed E-state index contributed by atoms with van der Waals surface area (Å²) in [6, 6.07) is 7.58. The van der Waals surface area contributed by atoms with Crippen LogP contribution in [0.3, 0.4) is 0 Å². The molecule has 0 radical (unpaired) electrons. The number of aliphatic imine (C=N–C) groups is 1. The number of likely N-dealkylation sites (tertiary alicyclic amines) is 1. The number of guanidine groups is 1. The summed E-state index contributed by atoms with van der Waals surface area (Å²) in [6.07, 6.45) is 2.88. The molecular weight excluding hydrogens is 345 g/mol. The van der Waals surface area contributed by atoms with E-state index in [9.17, 15) is 9.18 Å². The van der Waals surface area contributed by atoms with Crippen LogP contribution >= 0.6 is 0 Å². The van der Waals surface area contributed by atoms with Crippen molar-refractivity contribution in [1.29, 1.82) is 0 Å². The number of hydrogen-bond acceptors (Lipinski definition) is 3. The van der Waals surface area contributed by atoms with Crippen LogP contribution in [0.2, 0.25) is 0 Å². The van der Waals surface area contributed by atoms with E-state index in [0.29, 0.717) is 19.1 Å². The number of hydrogen-bond donors (Lipinski definition) is 3. The summed E-state index contributed by atoms with van der Waals surface area (Å²) in [6.45, 7) is 4.96. The highest BCUT2D eigenvalue weighted by Gasteiger charge is 2.40. The molecule has 1 amide bonds. The number of likely N-dealkylation sites (N-methyl/N-ethyl adjacent to an activating group) is 1. The van der Waals surface area contributed by atoms with Gasteiger partial charge in [0, 0.05) is 44.7 Å². The lowest BCUT2D eigenvalue weighted by atomic mass is 10.1. The van der Waals surface area contributed by atoms with E-state index in [1.165, 1.54) is 6.07 Å². The number of nitrogens with zero attached hydrogens (tertiary/aromatic N) is 2. The van der Waals surface area contributed by atoms with Crippen LogP contribution in [0.25, 0.3) is 0 Å². The minimum absolute atomic E-state index is 0.0595. The molecule has 1 aliphatic heterocycles. The molecule has 1 heterocycles.